The lowest BCUT2D eigenvalue weighted by Crippen LogP contribution is -2.38. The van der Waals surface area contributed by atoms with Gasteiger partial charge < -0.3 is 10.7 Å². The number of nitrogens with two attached hydrogens (primary N) is 1. The molecule has 1 heterocycles. The second-order valence-corrected chi connectivity index (χ2v) is 5.82. The minimum absolute atomic E-state index is 0.0156. The zero-order valence-electron chi connectivity index (χ0n) is 12.4. The van der Waals surface area contributed by atoms with Crippen LogP contribution in [-0.4, -0.2) is 32.6 Å². The predicted molar refractivity (Wildman–Crippen MR) is 84.7 cm³/mol. The normalized spacial score (nSPS) is 10.9. The van der Waals surface area contributed by atoms with Crippen LogP contribution in [0.5, 0.6) is 0 Å². The largest absolute Gasteiger partial charge is 0.336 e. The van der Waals surface area contributed by atoms with Gasteiger partial charge in [-0.25, -0.2) is 4.68 Å². The number of nitrogens with zero attached hydrogens (tertiary/aromatic N) is 4. The summed E-state index contributed by atoms with van der Waals surface area (Å²) in [4.78, 5) is 14.3. The van der Waals surface area contributed by atoms with Gasteiger partial charge in [-0.15, -0.1) is 10.2 Å². The maximum atomic E-state index is 12.5. The zero-order chi connectivity index (χ0) is 15.4. The molecular formula is C14H19N5OS. The van der Waals surface area contributed by atoms with E-state index >= 15 is 0 Å². The number of anilines is 1. The van der Waals surface area contributed by atoms with Crippen molar-refractivity contribution >= 4 is 23.4 Å². The molecule has 0 saturated carbocycles. The van der Waals surface area contributed by atoms with E-state index in [1.807, 2.05) is 44.2 Å². The lowest BCUT2D eigenvalue weighted by molar-refractivity contribution is -0.116. The molecular weight excluding hydrogens is 286 g/mol. The molecule has 1 aromatic carbocycles. The summed E-state index contributed by atoms with van der Waals surface area (Å²) in [5, 5.41) is 8.36. The van der Waals surface area contributed by atoms with Gasteiger partial charge in [-0.2, -0.15) is 0 Å². The molecule has 2 rings (SSSR count). The Morgan fingerprint density at radius 2 is 2.00 bits per heavy atom. The van der Waals surface area contributed by atoms with Crippen LogP contribution in [0.4, 0.5) is 5.69 Å². The van der Waals surface area contributed by atoms with Crippen molar-refractivity contribution in [1.29, 1.82) is 0 Å². The average Bonchev–Trinajstić information content (AvgIpc) is 2.77. The molecule has 0 aliphatic carbocycles. The third kappa shape index (κ3) is 3.55. The van der Waals surface area contributed by atoms with Crippen LogP contribution < -0.4 is 10.7 Å². The van der Waals surface area contributed by atoms with Gasteiger partial charge in [-0.3, -0.25) is 4.79 Å². The summed E-state index contributed by atoms with van der Waals surface area (Å²) in [6, 6.07) is 9.71. The molecule has 0 fully saturated rings. The fourth-order valence-corrected chi connectivity index (χ4v) is 2.72. The van der Waals surface area contributed by atoms with E-state index in [0.717, 1.165) is 5.69 Å². The van der Waals surface area contributed by atoms with Gasteiger partial charge in [-0.1, -0.05) is 30.0 Å². The number of nitrogen functional groups attached to an aromatic ring is 1. The Kier molecular flexibility index (Phi) is 4.85. The first-order valence-corrected chi connectivity index (χ1v) is 7.66. The standard InChI is InChI=1S/C14H19N5OS/c1-10(2)18(12-7-5-4-6-8-12)13(20)9-21-14-17-16-11(3)19(14)15/h4-8,10H,9,15H2,1-3H3. The maximum Gasteiger partial charge on any atom is 0.237 e. The van der Waals surface area contributed by atoms with Crippen molar-refractivity contribution < 1.29 is 4.79 Å². The maximum absolute atomic E-state index is 12.5. The highest BCUT2D eigenvalue weighted by molar-refractivity contribution is 7.99. The van der Waals surface area contributed by atoms with Gasteiger partial charge in [0.2, 0.25) is 11.1 Å². The third-order valence-electron chi connectivity index (χ3n) is 2.98. The Balaban J connectivity index is 2.08. The number of hydrogen-bond acceptors (Lipinski definition) is 5. The van der Waals surface area contributed by atoms with Crippen molar-refractivity contribution in [2.75, 3.05) is 16.5 Å². The first-order valence-electron chi connectivity index (χ1n) is 6.67. The van der Waals surface area contributed by atoms with Gasteiger partial charge in [-0.05, 0) is 32.9 Å². The SMILES string of the molecule is Cc1nnc(SCC(=O)N(c2ccccc2)C(C)C)n1N. The topological polar surface area (TPSA) is 77.0 Å². The van der Waals surface area contributed by atoms with Crippen LogP contribution >= 0.6 is 11.8 Å². The van der Waals surface area contributed by atoms with Crippen molar-refractivity contribution in [3.8, 4) is 0 Å². The number of aromatic nitrogens is 3. The summed E-state index contributed by atoms with van der Waals surface area (Å²) >= 11 is 1.29. The fourth-order valence-electron chi connectivity index (χ4n) is 1.96. The lowest BCUT2D eigenvalue weighted by atomic mass is 10.2. The van der Waals surface area contributed by atoms with E-state index in [1.54, 1.807) is 11.8 Å². The number of carbonyl (C=O) groups excluding carboxylic acids is 1. The summed E-state index contributed by atoms with van der Waals surface area (Å²) in [6.07, 6.45) is 0. The molecule has 1 aromatic heterocycles. The van der Waals surface area contributed by atoms with Gasteiger partial charge in [0.25, 0.3) is 0 Å². The van der Waals surface area contributed by atoms with Crippen molar-refractivity contribution in [3.05, 3.63) is 36.2 Å². The number of benzene rings is 1. The lowest BCUT2D eigenvalue weighted by Gasteiger charge is -2.26. The Bertz CT molecular complexity index is 611. The summed E-state index contributed by atoms with van der Waals surface area (Å²) in [6.45, 7) is 5.75. The first-order chi connectivity index (χ1) is 10.0. The number of hydrogen-bond donors (Lipinski definition) is 1. The zero-order valence-corrected chi connectivity index (χ0v) is 13.2. The van der Waals surface area contributed by atoms with Crippen molar-refractivity contribution in [2.24, 2.45) is 0 Å². The van der Waals surface area contributed by atoms with Crippen LogP contribution in [-0.2, 0) is 4.79 Å². The molecule has 0 radical (unpaired) electrons. The molecule has 0 saturated heterocycles. The molecule has 0 spiro atoms. The molecule has 0 aliphatic rings. The molecule has 0 atom stereocenters. The summed E-state index contributed by atoms with van der Waals surface area (Å²) in [7, 11) is 0. The molecule has 112 valence electrons. The minimum Gasteiger partial charge on any atom is -0.336 e. The number of para-hydroxylation sites is 1. The second kappa shape index (κ2) is 6.62. The van der Waals surface area contributed by atoms with Crippen LogP contribution in [0.15, 0.2) is 35.5 Å². The van der Waals surface area contributed by atoms with E-state index in [4.69, 9.17) is 5.84 Å². The molecule has 2 aromatic rings. The Hall–Kier alpha value is -2.02. The van der Waals surface area contributed by atoms with Gasteiger partial charge in [0.15, 0.2) is 0 Å². The summed E-state index contributed by atoms with van der Waals surface area (Å²) in [5.74, 6) is 6.68. The van der Waals surface area contributed by atoms with Gasteiger partial charge >= 0.3 is 0 Å². The highest BCUT2D eigenvalue weighted by Crippen LogP contribution is 2.20. The Morgan fingerprint density at radius 1 is 1.33 bits per heavy atom. The average molecular weight is 305 g/mol. The quantitative estimate of drug-likeness (QED) is 0.673. The number of amides is 1. The van der Waals surface area contributed by atoms with E-state index in [1.165, 1.54) is 16.4 Å². The van der Waals surface area contributed by atoms with Crippen molar-refractivity contribution in [1.82, 2.24) is 14.9 Å². The molecule has 0 aliphatic heterocycles. The Morgan fingerprint density at radius 3 is 2.52 bits per heavy atom. The monoisotopic (exact) mass is 305 g/mol. The molecule has 21 heavy (non-hydrogen) atoms. The minimum atomic E-state index is 0.0156. The Labute approximate surface area is 128 Å². The van der Waals surface area contributed by atoms with E-state index in [9.17, 15) is 4.79 Å². The first kappa shape index (κ1) is 15.4. The molecule has 6 nitrogen and oxygen atoms in total. The van der Waals surface area contributed by atoms with Gasteiger partial charge in [0.1, 0.15) is 5.82 Å². The van der Waals surface area contributed by atoms with Crippen LogP contribution in [0.25, 0.3) is 0 Å². The number of rotatable bonds is 5. The van der Waals surface area contributed by atoms with E-state index in [2.05, 4.69) is 10.2 Å². The summed E-state index contributed by atoms with van der Waals surface area (Å²) in [5.41, 5.74) is 0.892. The molecule has 7 heteroatoms. The van der Waals surface area contributed by atoms with Crippen LogP contribution in [0, 0.1) is 6.92 Å². The predicted octanol–water partition coefficient (Wildman–Crippen LogP) is 1.83. The number of carbonyl (C=O) groups is 1. The highest BCUT2D eigenvalue weighted by atomic mass is 32.2. The van der Waals surface area contributed by atoms with Crippen molar-refractivity contribution in [3.63, 3.8) is 0 Å². The van der Waals surface area contributed by atoms with Crippen LogP contribution in [0.3, 0.4) is 0 Å². The van der Waals surface area contributed by atoms with Crippen LogP contribution in [0.2, 0.25) is 0 Å². The highest BCUT2D eigenvalue weighted by Gasteiger charge is 2.20. The fraction of sp³-hybridized carbons (Fsp3) is 0.357. The van der Waals surface area contributed by atoms with Crippen molar-refractivity contribution in [2.45, 2.75) is 32.0 Å². The number of thioether (sulfide) groups is 1. The molecule has 0 bridgehead atoms. The second-order valence-electron chi connectivity index (χ2n) is 4.88. The van der Waals surface area contributed by atoms with Gasteiger partial charge in [0.05, 0.1) is 5.75 Å². The molecule has 1 amide bonds. The van der Waals surface area contributed by atoms with Gasteiger partial charge in [0, 0.05) is 11.7 Å². The summed E-state index contributed by atoms with van der Waals surface area (Å²) < 4.78 is 1.39. The molecule has 0 unspecified atom stereocenters. The van der Waals surface area contributed by atoms with E-state index in [-0.39, 0.29) is 17.7 Å². The molecule has 2 N–H and O–H groups in total. The number of aryl methyl sites for hydroxylation is 1. The van der Waals surface area contributed by atoms with E-state index < -0.39 is 0 Å². The third-order valence-corrected chi connectivity index (χ3v) is 3.91. The van der Waals surface area contributed by atoms with E-state index in [0.29, 0.717) is 11.0 Å². The smallest absolute Gasteiger partial charge is 0.237 e. The van der Waals surface area contributed by atoms with Crippen LogP contribution in [0.1, 0.15) is 19.7 Å².